The summed E-state index contributed by atoms with van der Waals surface area (Å²) in [6, 6.07) is 57.3. The smallest absolute Gasteiger partial charge is 0.0967 e. The van der Waals surface area contributed by atoms with Gasteiger partial charge in [-0.2, -0.15) is 0 Å². The SMILES string of the molecule is c1ccc(P(CCCc2ccc3ccc4ccc(CCCP(c5ccccc5)c5ccccc5)nc4c3n2)c2ccccc2)cc1. The minimum absolute atomic E-state index is 0.394. The van der Waals surface area contributed by atoms with E-state index < -0.39 is 15.8 Å². The maximum absolute atomic E-state index is 5.22. The summed E-state index contributed by atoms with van der Waals surface area (Å²) < 4.78 is 0. The van der Waals surface area contributed by atoms with Crippen molar-refractivity contribution in [1.29, 1.82) is 0 Å². The maximum Gasteiger partial charge on any atom is 0.0967 e. The Bertz CT molecular complexity index is 1770. The average molecular weight is 633 g/mol. The zero-order valence-electron chi connectivity index (χ0n) is 26.0. The second-order valence-electron chi connectivity index (χ2n) is 11.7. The zero-order chi connectivity index (χ0) is 31.0. The molecule has 7 rings (SSSR count). The summed E-state index contributed by atoms with van der Waals surface area (Å²) in [7, 11) is -0.788. The Morgan fingerprint density at radius 2 is 0.652 bits per heavy atom. The Morgan fingerprint density at radius 1 is 0.348 bits per heavy atom. The minimum Gasteiger partial charge on any atom is -0.251 e. The molecule has 0 N–H and O–H groups in total. The Kier molecular flexibility index (Phi) is 9.87. The molecule has 0 fully saturated rings. The lowest BCUT2D eigenvalue weighted by Crippen LogP contribution is -2.14. The molecular formula is C42H38N2P2. The predicted molar refractivity (Wildman–Crippen MR) is 202 cm³/mol. The summed E-state index contributed by atoms with van der Waals surface area (Å²) in [4.78, 5) is 10.4. The molecule has 0 saturated heterocycles. The number of rotatable bonds is 12. The van der Waals surface area contributed by atoms with E-state index in [-0.39, 0.29) is 0 Å². The van der Waals surface area contributed by atoms with Crippen LogP contribution >= 0.6 is 15.8 Å². The summed E-state index contributed by atoms with van der Waals surface area (Å²) in [5.74, 6) is 0. The quantitative estimate of drug-likeness (QED) is 0.0993. The van der Waals surface area contributed by atoms with Crippen molar-refractivity contribution in [1.82, 2.24) is 9.97 Å². The average Bonchev–Trinajstić information content (AvgIpc) is 3.13. The van der Waals surface area contributed by atoms with Crippen molar-refractivity contribution in [3.63, 3.8) is 0 Å². The van der Waals surface area contributed by atoms with Crippen LogP contribution in [0.4, 0.5) is 0 Å². The van der Waals surface area contributed by atoms with E-state index in [1.165, 1.54) is 21.2 Å². The van der Waals surface area contributed by atoms with E-state index >= 15 is 0 Å². The lowest BCUT2D eigenvalue weighted by atomic mass is 10.1. The Hall–Kier alpha value is -4.22. The van der Waals surface area contributed by atoms with Crippen LogP contribution in [0.1, 0.15) is 24.2 Å². The number of aromatic nitrogens is 2. The number of nitrogens with zero attached hydrogens (tertiary/aromatic N) is 2. The van der Waals surface area contributed by atoms with Crippen LogP contribution in [-0.2, 0) is 12.8 Å². The number of aryl methyl sites for hydroxylation is 2. The first-order chi connectivity index (χ1) is 22.8. The number of pyridine rings is 2. The van der Waals surface area contributed by atoms with Crippen LogP contribution in [-0.4, -0.2) is 22.3 Å². The molecule has 2 nitrogen and oxygen atoms in total. The van der Waals surface area contributed by atoms with Crippen molar-refractivity contribution >= 4 is 58.9 Å². The van der Waals surface area contributed by atoms with Gasteiger partial charge in [-0.05, 0) is 87.2 Å². The summed E-state index contributed by atoms with van der Waals surface area (Å²) >= 11 is 0. The fraction of sp³-hybridized carbons (Fsp3) is 0.143. The van der Waals surface area contributed by atoms with Crippen LogP contribution in [0.5, 0.6) is 0 Å². The Balaban J connectivity index is 1.07. The van der Waals surface area contributed by atoms with E-state index in [1.807, 2.05) is 0 Å². The van der Waals surface area contributed by atoms with Crippen molar-refractivity contribution in [3.05, 3.63) is 169 Å². The van der Waals surface area contributed by atoms with Gasteiger partial charge in [-0.25, -0.2) is 0 Å². The molecular weight excluding hydrogens is 594 g/mol. The van der Waals surface area contributed by atoms with Crippen molar-refractivity contribution in [2.75, 3.05) is 12.3 Å². The molecule has 0 saturated carbocycles. The van der Waals surface area contributed by atoms with Crippen LogP contribution in [0.25, 0.3) is 21.8 Å². The first-order valence-corrected chi connectivity index (χ1v) is 19.3. The molecule has 0 amide bonds. The van der Waals surface area contributed by atoms with Gasteiger partial charge in [0.05, 0.1) is 11.0 Å². The van der Waals surface area contributed by atoms with Gasteiger partial charge < -0.3 is 0 Å². The van der Waals surface area contributed by atoms with Crippen molar-refractivity contribution in [2.45, 2.75) is 25.7 Å². The predicted octanol–water partition coefficient (Wildman–Crippen LogP) is 8.91. The van der Waals surface area contributed by atoms with Crippen molar-refractivity contribution in [3.8, 4) is 0 Å². The maximum atomic E-state index is 5.22. The lowest BCUT2D eigenvalue weighted by Gasteiger charge is -2.19. The van der Waals surface area contributed by atoms with Crippen LogP contribution in [0.2, 0.25) is 0 Å². The normalized spacial score (nSPS) is 11.5. The molecule has 0 radical (unpaired) electrons. The van der Waals surface area contributed by atoms with Crippen LogP contribution in [0, 0.1) is 0 Å². The highest BCUT2D eigenvalue weighted by molar-refractivity contribution is 7.73. The fourth-order valence-electron chi connectivity index (χ4n) is 6.21. The Labute approximate surface area is 275 Å². The fourth-order valence-corrected chi connectivity index (χ4v) is 10.9. The third-order valence-electron chi connectivity index (χ3n) is 8.54. The number of hydrogen-bond acceptors (Lipinski definition) is 2. The highest BCUT2D eigenvalue weighted by Gasteiger charge is 2.15. The van der Waals surface area contributed by atoms with Crippen LogP contribution < -0.4 is 21.2 Å². The molecule has 5 aromatic carbocycles. The second-order valence-corrected chi connectivity index (χ2v) is 16.3. The highest BCUT2D eigenvalue weighted by Crippen LogP contribution is 2.36. The molecule has 0 spiro atoms. The van der Waals surface area contributed by atoms with Gasteiger partial charge in [0.1, 0.15) is 0 Å². The zero-order valence-corrected chi connectivity index (χ0v) is 27.8. The molecule has 226 valence electrons. The van der Waals surface area contributed by atoms with Gasteiger partial charge >= 0.3 is 0 Å². The third-order valence-corrected chi connectivity index (χ3v) is 13.7. The van der Waals surface area contributed by atoms with Crippen LogP contribution in [0.15, 0.2) is 158 Å². The van der Waals surface area contributed by atoms with E-state index in [9.17, 15) is 0 Å². The van der Waals surface area contributed by atoms with Gasteiger partial charge in [0.25, 0.3) is 0 Å². The van der Waals surface area contributed by atoms with Crippen LogP contribution in [0.3, 0.4) is 0 Å². The molecule has 46 heavy (non-hydrogen) atoms. The van der Waals surface area contributed by atoms with E-state index in [1.54, 1.807) is 0 Å². The van der Waals surface area contributed by atoms with E-state index in [4.69, 9.17) is 9.97 Å². The summed E-state index contributed by atoms with van der Waals surface area (Å²) in [5, 5.41) is 8.09. The summed E-state index contributed by atoms with van der Waals surface area (Å²) in [5.41, 5.74) is 4.36. The molecule has 0 aliphatic carbocycles. The molecule has 4 heteroatoms. The van der Waals surface area contributed by atoms with Gasteiger partial charge in [0, 0.05) is 22.2 Å². The molecule has 0 unspecified atom stereocenters. The monoisotopic (exact) mass is 632 g/mol. The number of fused-ring (bicyclic) bond motifs is 3. The number of benzene rings is 5. The van der Waals surface area contributed by atoms with Gasteiger partial charge in [-0.15, -0.1) is 0 Å². The summed E-state index contributed by atoms with van der Waals surface area (Å²) in [6.07, 6.45) is 6.43. The van der Waals surface area contributed by atoms with Gasteiger partial charge in [0.15, 0.2) is 0 Å². The first kappa shape index (κ1) is 30.4. The van der Waals surface area contributed by atoms with Crippen molar-refractivity contribution in [2.24, 2.45) is 0 Å². The largest absolute Gasteiger partial charge is 0.251 e. The number of hydrogen-bond donors (Lipinski definition) is 0. The van der Waals surface area contributed by atoms with E-state index in [0.717, 1.165) is 71.2 Å². The van der Waals surface area contributed by atoms with E-state index in [0.29, 0.717) is 0 Å². The molecule has 7 aromatic rings. The summed E-state index contributed by atoms with van der Waals surface area (Å²) in [6.45, 7) is 0. The third kappa shape index (κ3) is 7.26. The molecule has 0 aliphatic heterocycles. The van der Waals surface area contributed by atoms with Crippen molar-refractivity contribution < 1.29 is 0 Å². The molecule has 2 aromatic heterocycles. The molecule has 0 bridgehead atoms. The molecule has 0 aliphatic rings. The lowest BCUT2D eigenvalue weighted by molar-refractivity contribution is 0.893. The molecule has 2 heterocycles. The van der Waals surface area contributed by atoms with Gasteiger partial charge in [-0.3, -0.25) is 9.97 Å². The first-order valence-electron chi connectivity index (χ1n) is 16.3. The second kappa shape index (κ2) is 14.9. The topological polar surface area (TPSA) is 25.8 Å². The Morgan fingerprint density at radius 3 is 0.978 bits per heavy atom. The highest BCUT2D eigenvalue weighted by atomic mass is 31.1. The minimum atomic E-state index is -0.394. The molecule has 0 atom stereocenters. The van der Waals surface area contributed by atoms with Gasteiger partial charge in [0.2, 0.25) is 0 Å². The standard InChI is InChI=1S/C42H38N2P2/c1-5-17-37(18-6-1)45(38-19-7-2-8-20-38)31-13-15-35-29-27-33-25-26-34-28-30-36(44-42(34)41(33)43-35)16-14-32-46(39-21-9-3-10-22-39)40-23-11-4-12-24-40/h1-12,17-30H,13-16,31-32H2. The van der Waals surface area contributed by atoms with Gasteiger partial charge in [-0.1, -0.05) is 146 Å². The van der Waals surface area contributed by atoms with E-state index in [2.05, 4.69) is 158 Å².